The van der Waals surface area contributed by atoms with E-state index in [1.165, 1.54) is 0 Å². The summed E-state index contributed by atoms with van der Waals surface area (Å²) < 4.78 is 46.1. The fraction of sp³-hybridized carbons (Fsp3) is 0.238. The van der Waals surface area contributed by atoms with Crippen LogP contribution in [0, 0.1) is 0 Å². The molecule has 8 nitrogen and oxygen atoms in total. The van der Waals surface area contributed by atoms with Crippen molar-refractivity contribution in [1.82, 2.24) is 0 Å². The lowest BCUT2D eigenvalue weighted by Crippen LogP contribution is -2.03. The van der Waals surface area contributed by atoms with Crippen molar-refractivity contribution in [3.05, 3.63) is 121 Å². The zero-order valence-corrected chi connectivity index (χ0v) is 27.6. The van der Waals surface area contributed by atoms with Gasteiger partial charge in [-0.15, -0.1) is 0 Å². The first-order valence-corrected chi connectivity index (χ1v) is 17.1. The van der Waals surface area contributed by atoms with Gasteiger partial charge in [-0.05, 0) is 134 Å². The molecule has 0 spiro atoms. The molecule has 0 aliphatic carbocycles. The summed E-state index contributed by atoms with van der Waals surface area (Å²) in [4.78, 5) is 0. The summed E-state index contributed by atoms with van der Waals surface area (Å²) in [6, 6.07) is 39.8. The molecule has 254 valence electrons. The molecule has 2 aromatic heterocycles. The predicted octanol–water partition coefficient (Wildman–Crippen LogP) is 9.33. The Hall–Kier alpha value is -5.44. The number of rotatable bonds is 17. The van der Waals surface area contributed by atoms with Crippen molar-refractivity contribution in [3.8, 4) is 68.3 Å². The summed E-state index contributed by atoms with van der Waals surface area (Å²) >= 11 is 0. The van der Waals surface area contributed by atoms with Crippen molar-refractivity contribution >= 4 is 0 Å². The van der Waals surface area contributed by atoms with Gasteiger partial charge in [0.25, 0.3) is 0 Å². The van der Waals surface area contributed by atoms with Crippen molar-refractivity contribution in [2.75, 3.05) is 39.6 Å². The van der Waals surface area contributed by atoms with E-state index >= 15 is 0 Å². The summed E-state index contributed by atoms with van der Waals surface area (Å²) in [5.74, 6) is 6.56. The fourth-order valence-electron chi connectivity index (χ4n) is 5.45. The van der Waals surface area contributed by atoms with Gasteiger partial charge in [0, 0.05) is 22.3 Å². The number of ether oxygens (including phenoxy) is 6. The van der Waals surface area contributed by atoms with Crippen LogP contribution in [-0.4, -0.2) is 51.8 Å². The monoisotopic (exact) mass is 670 g/mol. The highest BCUT2D eigenvalue weighted by Crippen LogP contribution is 2.32. The van der Waals surface area contributed by atoms with Crippen LogP contribution in [0.2, 0.25) is 0 Å². The molecule has 6 aromatic rings. The molecule has 0 bridgehead atoms. The lowest BCUT2D eigenvalue weighted by atomic mass is 10.1. The van der Waals surface area contributed by atoms with Crippen molar-refractivity contribution in [2.24, 2.45) is 0 Å². The van der Waals surface area contributed by atoms with E-state index < -0.39 is 0 Å². The van der Waals surface area contributed by atoms with Gasteiger partial charge in [-0.3, -0.25) is 0 Å². The Kier molecular flexibility index (Phi) is 9.53. The number of benzene rings is 4. The highest BCUT2D eigenvalue weighted by Gasteiger charge is 2.23. The molecule has 2 fully saturated rings. The second-order valence-corrected chi connectivity index (χ2v) is 12.4. The molecule has 0 amide bonds. The van der Waals surface area contributed by atoms with Crippen LogP contribution in [0.3, 0.4) is 0 Å². The van der Waals surface area contributed by atoms with Crippen LogP contribution in [0.1, 0.15) is 12.8 Å². The van der Waals surface area contributed by atoms with E-state index in [0.29, 0.717) is 26.4 Å². The number of furan rings is 2. The quantitative estimate of drug-likeness (QED) is 0.0701. The van der Waals surface area contributed by atoms with Gasteiger partial charge in [-0.25, -0.2) is 0 Å². The Morgan fingerprint density at radius 1 is 0.380 bits per heavy atom. The number of unbranched alkanes of at least 4 members (excludes halogenated alkanes) is 1. The van der Waals surface area contributed by atoms with Gasteiger partial charge >= 0.3 is 0 Å². The molecule has 2 unspecified atom stereocenters. The fourth-order valence-corrected chi connectivity index (χ4v) is 5.45. The van der Waals surface area contributed by atoms with E-state index in [1.807, 2.05) is 121 Å². The second kappa shape index (κ2) is 15.0. The van der Waals surface area contributed by atoms with Crippen LogP contribution in [0.15, 0.2) is 130 Å². The Bertz CT molecular complexity index is 1800. The molecular formula is C42H38O8. The summed E-state index contributed by atoms with van der Waals surface area (Å²) in [7, 11) is 0. The van der Waals surface area contributed by atoms with Gasteiger partial charge in [0.1, 0.15) is 71.5 Å². The van der Waals surface area contributed by atoms with E-state index in [1.54, 1.807) is 0 Å². The minimum atomic E-state index is 0.240. The van der Waals surface area contributed by atoms with E-state index in [4.69, 9.17) is 37.3 Å². The molecule has 2 aliphatic heterocycles. The van der Waals surface area contributed by atoms with Crippen LogP contribution >= 0.6 is 0 Å². The van der Waals surface area contributed by atoms with Crippen LogP contribution < -0.4 is 18.9 Å². The second-order valence-electron chi connectivity index (χ2n) is 12.4. The van der Waals surface area contributed by atoms with Gasteiger partial charge in [-0.2, -0.15) is 0 Å². The first-order valence-electron chi connectivity index (χ1n) is 17.1. The standard InChI is InChI=1S/C42H38O8/c1(23-43-33-11-3-29(4-12-33)39-19-21-41(49-39)31-7-15-35(16-8-31)45-25-37-27-47-37)2-24-44-34-13-5-30(6-14-34)40-20-22-42(50-40)32-9-17-36(18-10-32)46-26-38-28-48-38/h3-22,37-38H,1-2,23-28H2. The molecule has 50 heavy (non-hydrogen) atoms. The topological polar surface area (TPSA) is 88.3 Å². The van der Waals surface area contributed by atoms with Gasteiger partial charge < -0.3 is 37.3 Å². The van der Waals surface area contributed by atoms with Crippen LogP contribution in [0.25, 0.3) is 45.3 Å². The van der Waals surface area contributed by atoms with Gasteiger partial charge in [0.05, 0.1) is 26.4 Å². The maximum absolute atomic E-state index is 6.14. The predicted molar refractivity (Wildman–Crippen MR) is 190 cm³/mol. The zero-order chi connectivity index (χ0) is 33.5. The van der Waals surface area contributed by atoms with Crippen molar-refractivity contribution in [1.29, 1.82) is 0 Å². The Morgan fingerprint density at radius 2 is 0.660 bits per heavy atom. The lowest BCUT2D eigenvalue weighted by molar-refractivity contribution is 0.263. The minimum Gasteiger partial charge on any atom is -0.494 e. The Morgan fingerprint density at radius 3 is 0.940 bits per heavy atom. The molecule has 2 aliphatic rings. The molecule has 2 saturated heterocycles. The average Bonchev–Trinajstić information content (AvgIpc) is 4.08. The summed E-state index contributed by atoms with van der Waals surface area (Å²) in [5, 5.41) is 0. The molecule has 4 heterocycles. The molecular weight excluding hydrogens is 632 g/mol. The smallest absolute Gasteiger partial charge is 0.134 e. The molecule has 4 aromatic carbocycles. The molecule has 0 saturated carbocycles. The van der Waals surface area contributed by atoms with E-state index in [2.05, 4.69) is 0 Å². The normalized spacial score (nSPS) is 16.2. The van der Waals surface area contributed by atoms with Gasteiger partial charge in [0.2, 0.25) is 0 Å². The third-order valence-electron chi connectivity index (χ3n) is 8.52. The van der Waals surface area contributed by atoms with E-state index in [-0.39, 0.29) is 12.2 Å². The number of epoxide rings is 2. The van der Waals surface area contributed by atoms with Gasteiger partial charge in [0.15, 0.2) is 0 Å². The number of hydrogen-bond acceptors (Lipinski definition) is 8. The third kappa shape index (κ3) is 8.40. The van der Waals surface area contributed by atoms with E-state index in [9.17, 15) is 0 Å². The summed E-state index contributed by atoms with van der Waals surface area (Å²) in [6.45, 7) is 3.99. The van der Waals surface area contributed by atoms with Crippen molar-refractivity contribution in [3.63, 3.8) is 0 Å². The summed E-state index contributed by atoms with van der Waals surface area (Å²) in [5.41, 5.74) is 3.99. The zero-order valence-electron chi connectivity index (χ0n) is 27.6. The highest BCUT2D eigenvalue weighted by molar-refractivity contribution is 5.67. The van der Waals surface area contributed by atoms with E-state index in [0.717, 1.165) is 94.3 Å². The Balaban J connectivity index is 0.741. The highest BCUT2D eigenvalue weighted by atomic mass is 16.6. The third-order valence-corrected chi connectivity index (χ3v) is 8.52. The largest absolute Gasteiger partial charge is 0.494 e. The SMILES string of the molecule is c1cc(-c2ccc(-c3ccc(OCC4CO4)cc3)o2)ccc1OCCCCOc1ccc(-c2ccc(-c3ccc(OCC4CO4)cc3)o2)cc1. The van der Waals surface area contributed by atoms with Crippen molar-refractivity contribution < 1.29 is 37.3 Å². The first-order chi connectivity index (χ1) is 24.7. The summed E-state index contributed by atoms with van der Waals surface area (Å²) in [6.07, 6.45) is 2.25. The first kappa shape index (κ1) is 31.8. The average molecular weight is 671 g/mol. The molecule has 8 heteroatoms. The number of hydrogen-bond donors (Lipinski definition) is 0. The van der Waals surface area contributed by atoms with Crippen LogP contribution in [0.5, 0.6) is 23.0 Å². The van der Waals surface area contributed by atoms with Gasteiger partial charge in [-0.1, -0.05) is 0 Å². The Labute approximate surface area is 291 Å². The van der Waals surface area contributed by atoms with Crippen LogP contribution in [0.4, 0.5) is 0 Å². The molecule has 2 atom stereocenters. The molecule has 0 radical (unpaired) electrons. The maximum Gasteiger partial charge on any atom is 0.134 e. The minimum absolute atomic E-state index is 0.240. The maximum atomic E-state index is 6.14. The molecule has 8 rings (SSSR count). The van der Waals surface area contributed by atoms with Crippen molar-refractivity contribution in [2.45, 2.75) is 25.0 Å². The van der Waals surface area contributed by atoms with Crippen LogP contribution in [-0.2, 0) is 9.47 Å². The molecule has 0 N–H and O–H groups in total. The lowest BCUT2D eigenvalue weighted by Gasteiger charge is -2.09.